The molecule has 0 bridgehead atoms. The van der Waals surface area contributed by atoms with E-state index in [9.17, 15) is 13.2 Å². The molecule has 0 radical (unpaired) electrons. The van der Waals surface area contributed by atoms with E-state index in [-0.39, 0.29) is 24.9 Å². The summed E-state index contributed by atoms with van der Waals surface area (Å²) < 4.78 is 38.6. The van der Waals surface area contributed by atoms with Gasteiger partial charge in [-0.1, -0.05) is 23.7 Å². The molecule has 0 atom stereocenters. The summed E-state index contributed by atoms with van der Waals surface area (Å²) in [5.74, 6) is -0.297. The van der Waals surface area contributed by atoms with Crippen LogP contribution in [0.1, 0.15) is 5.69 Å². The fourth-order valence-electron chi connectivity index (χ4n) is 1.60. The summed E-state index contributed by atoms with van der Waals surface area (Å²) in [5.41, 5.74) is -0.679. The third kappa shape index (κ3) is 4.22. The number of anilines is 3. The van der Waals surface area contributed by atoms with Crippen molar-refractivity contribution in [1.82, 2.24) is 9.97 Å². The van der Waals surface area contributed by atoms with Gasteiger partial charge in [0.1, 0.15) is 5.82 Å². The highest BCUT2D eigenvalue weighted by atomic mass is 35.5. The van der Waals surface area contributed by atoms with Crippen molar-refractivity contribution in [3.63, 3.8) is 0 Å². The lowest BCUT2D eigenvalue weighted by Gasteiger charge is -2.13. The van der Waals surface area contributed by atoms with Crippen LogP contribution in [0.25, 0.3) is 0 Å². The molecule has 22 heavy (non-hydrogen) atoms. The standard InChI is InChI=1S/C13H12ClF3N4O/c14-8-3-1-2-4-9(8)19-11-7-10(13(15,16)17)20-12(21-11)18-5-6-22/h1-4,7,22H,5-6H2,(H2,18,19,20,21). The van der Waals surface area contributed by atoms with E-state index < -0.39 is 11.9 Å². The Morgan fingerprint density at radius 1 is 1.18 bits per heavy atom. The number of hydrogen-bond donors (Lipinski definition) is 3. The Labute approximate surface area is 129 Å². The first-order valence-electron chi connectivity index (χ1n) is 6.22. The number of nitrogens with zero attached hydrogens (tertiary/aromatic N) is 2. The highest BCUT2D eigenvalue weighted by Crippen LogP contribution is 2.31. The largest absolute Gasteiger partial charge is 0.433 e. The van der Waals surface area contributed by atoms with Crippen LogP contribution in [0, 0.1) is 0 Å². The van der Waals surface area contributed by atoms with Gasteiger partial charge in [0.2, 0.25) is 5.95 Å². The Balaban J connectivity index is 2.35. The number of aromatic nitrogens is 2. The fourth-order valence-corrected chi connectivity index (χ4v) is 1.79. The van der Waals surface area contributed by atoms with E-state index in [1.807, 2.05) is 0 Å². The van der Waals surface area contributed by atoms with Crippen LogP contribution in [0.5, 0.6) is 0 Å². The van der Waals surface area contributed by atoms with E-state index in [1.54, 1.807) is 24.3 Å². The predicted molar refractivity (Wildman–Crippen MR) is 77.3 cm³/mol. The van der Waals surface area contributed by atoms with E-state index in [2.05, 4.69) is 20.6 Å². The molecule has 5 nitrogen and oxygen atoms in total. The number of halogens is 4. The van der Waals surface area contributed by atoms with E-state index in [1.165, 1.54) is 0 Å². The predicted octanol–water partition coefficient (Wildman–Crippen LogP) is 3.30. The van der Waals surface area contributed by atoms with Crippen LogP contribution in [-0.4, -0.2) is 28.2 Å². The molecule has 0 unspecified atom stereocenters. The third-order valence-electron chi connectivity index (χ3n) is 2.55. The molecule has 1 heterocycles. The molecule has 0 spiro atoms. The Morgan fingerprint density at radius 2 is 1.91 bits per heavy atom. The smallest absolute Gasteiger partial charge is 0.395 e. The molecule has 1 aromatic heterocycles. The van der Waals surface area contributed by atoms with Gasteiger partial charge in [-0.3, -0.25) is 0 Å². The fraction of sp³-hybridized carbons (Fsp3) is 0.231. The molecule has 0 saturated heterocycles. The summed E-state index contributed by atoms with van der Waals surface area (Å²) >= 11 is 5.95. The number of nitrogens with one attached hydrogen (secondary N) is 2. The van der Waals surface area contributed by atoms with Crippen molar-refractivity contribution in [2.75, 3.05) is 23.8 Å². The Morgan fingerprint density at radius 3 is 2.55 bits per heavy atom. The number of aliphatic hydroxyl groups is 1. The Hall–Kier alpha value is -2.06. The first-order chi connectivity index (χ1) is 10.4. The SMILES string of the molecule is OCCNc1nc(Nc2ccccc2Cl)cc(C(F)(F)F)n1. The first kappa shape index (κ1) is 16.3. The summed E-state index contributed by atoms with van der Waals surface area (Å²) in [5, 5.41) is 14.3. The summed E-state index contributed by atoms with van der Waals surface area (Å²) in [6.45, 7) is -0.222. The van der Waals surface area contributed by atoms with Crippen molar-refractivity contribution < 1.29 is 18.3 Å². The van der Waals surface area contributed by atoms with Gasteiger partial charge in [-0.05, 0) is 12.1 Å². The van der Waals surface area contributed by atoms with Crippen LogP contribution in [-0.2, 0) is 6.18 Å². The van der Waals surface area contributed by atoms with E-state index in [0.717, 1.165) is 6.07 Å². The van der Waals surface area contributed by atoms with Crippen molar-refractivity contribution in [2.45, 2.75) is 6.18 Å². The number of hydrogen-bond acceptors (Lipinski definition) is 5. The lowest BCUT2D eigenvalue weighted by Crippen LogP contribution is -2.15. The minimum atomic E-state index is -4.62. The summed E-state index contributed by atoms with van der Waals surface area (Å²) in [4.78, 5) is 7.29. The van der Waals surface area contributed by atoms with Crippen molar-refractivity contribution in [3.05, 3.63) is 41.0 Å². The number of alkyl halides is 3. The zero-order chi connectivity index (χ0) is 16.2. The first-order valence-corrected chi connectivity index (χ1v) is 6.60. The van der Waals surface area contributed by atoms with Crippen LogP contribution in [0.2, 0.25) is 5.02 Å². The van der Waals surface area contributed by atoms with Gasteiger partial charge in [0.15, 0.2) is 5.69 Å². The van der Waals surface area contributed by atoms with Gasteiger partial charge in [0.05, 0.1) is 17.3 Å². The van der Waals surface area contributed by atoms with Gasteiger partial charge < -0.3 is 15.7 Å². The minimum absolute atomic E-state index is 0.0346. The lowest BCUT2D eigenvalue weighted by atomic mass is 10.3. The van der Waals surface area contributed by atoms with Crippen LogP contribution in [0.15, 0.2) is 30.3 Å². The monoisotopic (exact) mass is 332 g/mol. The molecule has 0 aliphatic heterocycles. The molecule has 0 aliphatic carbocycles. The molecule has 3 N–H and O–H groups in total. The van der Waals surface area contributed by atoms with Gasteiger partial charge in [0.25, 0.3) is 0 Å². The highest BCUT2D eigenvalue weighted by molar-refractivity contribution is 6.33. The topological polar surface area (TPSA) is 70.1 Å². The summed E-state index contributed by atoms with van der Waals surface area (Å²) in [7, 11) is 0. The third-order valence-corrected chi connectivity index (χ3v) is 2.88. The molecule has 0 amide bonds. The molecule has 1 aromatic carbocycles. The van der Waals surface area contributed by atoms with Crippen LogP contribution in [0.4, 0.5) is 30.6 Å². The van der Waals surface area contributed by atoms with Gasteiger partial charge in [-0.2, -0.15) is 18.2 Å². The van der Waals surface area contributed by atoms with Crippen LogP contribution < -0.4 is 10.6 Å². The second-order valence-corrected chi connectivity index (χ2v) is 4.62. The van der Waals surface area contributed by atoms with Crippen molar-refractivity contribution in [3.8, 4) is 0 Å². The second kappa shape index (κ2) is 6.80. The van der Waals surface area contributed by atoms with Gasteiger partial charge >= 0.3 is 6.18 Å². The minimum Gasteiger partial charge on any atom is -0.395 e. The zero-order valence-electron chi connectivity index (χ0n) is 11.2. The zero-order valence-corrected chi connectivity index (χ0v) is 11.9. The van der Waals surface area contributed by atoms with E-state index >= 15 is 0 Å². The van der Waals surface area contributed by atoms with E-state index in [4.69, 9.17) is 16.7 Å². The van der Waals surface area contributed by atoms with Gasteiger partial charge in [-0.15, -0.1) is 0 Å². The maximum Gasteiger partial charge on any atom is 0.433 e. The molecule has 0 saturated carbocycles. The van der Waals surface area contributed by atoms with Gasteiger partial charge in [-0.25, -0.2) is 4.98 Å². The molecule has 2 rings (SSSR count). The molecule has 9 heteroatoms. The van der Waals surface area contributed by atoms with Crippen molar-refractivity contribution in [1.29, 1.82) is 0 Å². The lowest BCUT2D eigenvalue weighted by molar-refractivity contribution is -0.141. The van der Waals surface area contributed by atoms with Crippen molar-refractivity contribution >= 4 is 29.1 Å². The quantitative estimate of drug-likeness (QED) is 0.783. The second-order valence-electron chi connectivity index (χ2n) is 4.22. The maximum atomic E-state index is 12.9. The maximum absolute atomic E-state index is 12.9. The number of para-hydroxylation sites is 1. The molecule has 118 valence electrons. The molecular weight excluding hydrogens is 321 g/mol. The number of rotatable bonds is 5. The molecule has 0 fully saturated rings. The Bertz CT molecular complexity index is 651. The highest BCUT2D eigenvalue weighted by Gasteiger charge is 2.33. The number of aliphatic hydroxyl groups excluding tert-OH is 1. The van der Waals surface area contributed by atoms with Gasteiger partial charge in [0, 0.05) is 12.6 Å². The number of benzene rings is 1. The van der Waals surface area contributed by atoms with Crippen molar-refractivity contribution in [2.24, 2.45) is 0 Å². The molecule has 2 aromatic rings. The Kier molecular flexibility index (Phi) is 5.04. The average Bonchev–Trinajstić information content (AvgIpc) is 2.46. The summed E-state index contributed by atoms with van der Waals surface area (Å²) in [6, 6.07) is 7.38. The summed E-state index contributed by atoms with van der Waals surface area (Å²) in [6.07, 6.45) is -4.62. The molecular formula is C13H12ClF3N4O. The normalized spacial score (nSPS) is 11.3. The van der Waals surface area contributed by atoms with Crippen LogP contribution in [0.3, 0.4) is 0 Å². The van der Waals surface area contributed by atoms with Crippen LogP contribution >= 0.6 is 11.6 Å². The molecule has 0 aliphatic rings. The average molecular weight is 333 g/mol. The van der Waals surface area contributed by atoms with E-state index in [0.29, 0.717) is 10.7 Å².